The van der Waals surface area contributed by atoms with Gasteiger partial charge in [0.15, 0.2) is 5.82 Å². The summed E-state index contributed by atoms with van der Waals surface area (Å²) >= 11 is 0. The molecule has 0 aromatic carbocycles. The molecule has 0 radical (unpaired) electrons. The number of amides is 1. The summed E-state index contributed by atoms with van der Waals surface area (Å²) in [6, 6.07) is 1.37. The maximum absolute atomic E-state index is 13.5. The van der Waals surface area contributed by atoms with Gasteiger partial charge in [-0.3, -0.25) is 9.78 Å². The fourth-order valence-electron chi connectivity index (χ4n) is 1.52. The van der Waals surface area contributed by atoms with E-state index in [9.17, 15) is 9.18 Å². The highest BCUT2D eigenvalue weighted by Crippen LogP contribution is 2.09. The molecule has 0 bridgehead atoms. The molecule has 6 heteroatoms. The van der Waals surface area contributed by atoms with Crippen LogP contribution in [-0.4, -0.2) is 49.1 Å². The van der Waals surface area contributed by atoms with Crippen LogP contribution in [0.5, 0.6) is 0 Å². The third-order valence-corrected chi connectivity index (χ3v) is 2.49. The van der Waals surface area contributed by atoms with E-state index in [1.807, 2.05) is 0 Å². The van der Waals surface area contributed by atoms with E-state index in [-0.39, 0.29) is 11.5 Å². The molecule has 0 fully saturated rings. The molecule has 0 unspecified atom stereocenters. The quantitative estimate of drug-likeness (QED) is 0.777. The topological polar surface area (TPSA) is 68.5 Å². The first-order chi connectivity index (χ1) is 8.70. The summed E-state index contributed by atoms with van der Waals surface area (Å²) in [5, 5.41) is 0. The Hall–Kier alpha value is -1.53. The average Bonchev–Trinajstić information content (AvgIpc) is 2.39. The monoisotopic (exact) mass is 255 g/mol. The zero-order valence-corrected chi connectivity index (χ0v) is 10.4. The predicted molar refractivity (Wildman–Crippen MR) is 65.6 cm³/mol. The number of nitrogens with zero attached hydrogens (tertiary/aromatic N) is 2. The molecule has 0 spiro atoms. The molecule has 0 saturated carbocycles. The van der Waals surface area contributed by atoms with Gasteiger partial charge in [0.05, 0.1) is 18.4 Å². The standard InChI is InChI=1S/C12H18FN3O2/c1-18-8-7-16(6-2-4-14)12(17)10-3-5-15-9-11(10)13/h3,5,9H,2,4,6-8,14H2,1H3. The molecule has 100 valence electrons. The molecule has 0 atom stereocenters. The van der Waals surface area contributed by atoms with Crippen LogP contribution in [0.4, 0.5) is 4.39 Å². The van der Waals surface area contributed by atoms with E-state index in [4.69, 9.17) is 10.5 Å². The molecular weight excluding hydrogens is 237 g/mol. The highest BCUT2D eigenvalue weighted by atomic mass is 19.1. The van der Waals surface area contributed by atoms with Crippen molar-refractivity contribution in [2.45, 2.75) is 6.42 Å². The third kappa shape index (κ3) is 4.05. The van der Waals surface area contributed by atoms with Gasteiger partial charge in [0.2, 0.25) is 0 Å². The SMILES string of the molecule is COCCN(CCCN)C(=O)c1ccncc1F. The highest BCUT2D eigenvalue weighted by molar-refractivity contribution is 5.94. The molecule has 18 heavy (non-hydrogen) atoms. The summed E-state index contributed by atoms with van der Waals surface area (Å²) in [4.78, 5) is 17.3. The highest BCUT2D eigenvalue weighted by Gasteiger charge is 2.18. The third-order valence-electron chi connectivity index (χ3n) is 2.49. The number of rotatable bonds is 7. The summed E-state index contributed by atoms with van der Waals surface area (Å²) in [5.41, 5.74) is 5.45. The molecule has 0 aliphatic carbocycles. The number of halogens is 1. The summed E-state index contributed by atoms with van der Waals surface area (Å²) in [6.45, 7) is 1.79. The van der Waals surface area contributed by atoms with Crippen molar-refractivity contribution in [3.63, 3.8) is 0 Å². The first kappa shape index (κ1) is 14.5. The van der Waals surface area contributed by atoms with Gasteiger partial charge in [-0.1, -0.05) is 0 Å². The summed E-state index contributed by atoms with van der Waals surface area (Å²) in [6.07, 6.45) is 3.10. The normalized spacial score (nSPS) is 10.4. The van der Waals surface area contributed by atoms with E-state index in [1.165, 1.54) is 17.2 Å². The van der Waals surface area contributed by atoms with Crippen molar-refractivity contribution < 1.29 is 13.9 Å². The van der Waals surface area contributed by atoms with E-state index in [0.717, 1.165) is 6.20 Å². The van der Waals surface area contributed by atoms with Crippen LogP contribution in [0.25, 0.3) is 0 Å². The molecule has 1 aromatic rings. The van der Waals surface area contributed by atoms with Gasteiger partial charge >= 0.3 is 0 Å². The Morgan fingerprint density at radius 3 is 2.94 bits per heavy atom. The van der Waals surface area contributed by atoms with Crippen LogP contribution in [0.15, 0.2) is 18.5 Å². The lowest BCUT2D eigenvalue weighted by Crippen LogP contribution is -2.36. The molecule has 1 amide bonds. The Balaban J connectivity index is 2.77. The van der Waals surface area contributed by atoms with Gasteiger partial charge in [-0.05, 0) is 19.0 Å². The molecule has 2 N–H and O–H groups in total. The second-order valence-electron chi connectivity index (χ2n) is 3.78. The second-order valence-corrected chi connectivity index (χ2v) is 3.78. The lowest BCUT2D eigenvalue weighted by Gasteiger charge is -2.22. The van der Waals surface area contributed by atoms with E-state index in [2.05, 4.69) is 4.98 Å². The molecule has 1 aromatic heterocycles. The predicted octanol–water partition coefficient (Wildman–Crippen LogP) is 0.658. The van der Waals surface area contributed by atoms with Crippen molar-refractivity contribution in [2.75, 3.05) is 33.4 Å². The number of hydrogen-bond acceptors (Lipinski definition) is 4. The smallest absolute Gasteiger partial charge is 0.257 e. The lowest BCUT2D eigenvalue weighted by molar-refractivity contribution is 0.0690. The number of aromatic nitrogens is 1. The van der Waals surface area contributed by atoms with Crippen molar-refractivity contribution in [3.05, 3.63) is 29.8 Å². The number of ether oxygens (including phenoxy) is 1. The second kappa shape index (κ2) is 7.73. The Kier molecular flexibility index (Phi) is 6.24. The van der Waals surface area contributed by atoms with Crippen molar-refractivity contribution in [1.29, 1.82) is 0 Å². The molecule has 1 rings (SSSR count). The number of methoxy groups -OCH3 is 1. The van der Waals surface area contributed by atoms with Crippen molar-refractivity contribution in [1.82, 2.24) is 9.88 Å². The lowest BCUT2D eigenvalue weighted by atomic mass is 10.2. The molecule has 0 saturated heterocycles. The molecule has 0 aliphatic heterocycles. The Morgan fingerprint density at radius 1 is 1.56 bits per heavy atom. The van der Waals surface area contributed by atoms with Gasteiger partial charge < -0.3 is 15.4 Å². The molecular formula is C12H18FN3O2. The van der Waals surface area contributed by atoms with Gasteiger partial charge in [0.1, 0.15) is 0 Å². The van der Waals surface area contributed by atoms with Crippen molar-refractivity contribution in [3.8, 4) is 0 Å². The van der Waals surface area contributed by atoms with E-state index in [1.54, 1.807) is 7.11 Å². The number of pyridine rings is 1. The zero-order chi connectivity index (χ0) is 13.4. The Morgan fingerprint density at radius 2 is 2.33 bits per heavy atom. The largest absolute Gasteiger partial charge is 0.383 e. The first-order valence-corrected chi connectivity index (χ1v) is 5.78. The van der Waals surface area contributed by atoms with Crippen LogP contribution in [0.2, 0.25) is 0 Å². The van der Waals surface area contributed by atoms with Gasteiger partial charge in [0.25, 0.3) is 5.91 Å². The van der Waals surface area contributed by atoms with E-state index < -0.39 is 5.82 Å². The van der Waals surface area contributed by atoms with Crippen LogP contribution in [0.3, 0.4) is 0 Å². The number of carbonyl (C=O) groups excluding carboxylic acids is 1. The van der Waals surface area contributed by atoms with Crippen LogP contribution < -0.4 is 5.73 Å². The van der Waals surface area contributed by atoms with E-state index >= 15 is 0 Å². The van der Waals surface area contributed by atoms with Crippen LogP contribution in [-0.2, 0) is 4.74 Å². The maximum atomic E-state index is 13.5. The summed E-state index contributed by atoms with van der Waals surface area (Å²) in [7, 11) is 1.55. The van der Waals surface area contributed by atoms with Crippen LogP contribution in [0, 0.1) is 5.82 Å². The zero-order valence-electron chi connectivity index (χ0n) is 10.4. The summed E-state index contributed by atoms with van der Waals surface area (Å²) < 4.78 is 18.4. The minimum Gasteiger partial charge on any atom is -0.383 e. The molecule has 0 aliphatic rings. The Bertz CT molecular complexity index is 379. The number of hydrogen-bond donors (Lipinski definition) is 1. The van der Waals surface area contributed by atoms with Crippen molar-refractivity contribution in [2.24, 2.45) is 5.73 Å². The van der Waals surface area contributed by atoms with Gasteiger partial charge in [-0.2, -0.15) is 0 Å². The maximum Gasteiger partial charge on any atom is 0.257 e. The van der Waals surface area contributed by atoms with Gasteiger partial charge in [-0.25, -0.2) is 4.39 Å². The first-order valence-electron chi connectivity index (χ1n) is 5.78. The average molecular weight is 255 g/mol. The summed E-state index contributed by atoms with van der Waals surface area (Å²) in [5.74, 6) is -0.974. The molecule has 5 nitrogen and oxygen atoms in total. The fourth-order valence-corrected chi connectivity index (χ4v) is 1.52. The van der Waals surface area contributed by atoms with Crippen LogP contribution >= 0.6 is 0 Å². The minimum absolute atomic E-state index is 0.0260. The minimum atomic E-state index is -0.613. The van der Waals surface area contributed by atoms with Gasteiger partial charge in [0, 0.05) is 26.4 Å². The number of nitrogens with two attached hydrogens (primary N) is 1. The van der Waals surface area contributed by atoms with Crippen molar-refractivity contribution >= 4 is 5.91 Å². The van der Waals surface area contributed by atoms with E-state index in [0.29, 0.717) is 32.7 Å². The molecule has 1 heterocycles. The Labute approximate surface area is 106 Å². The van der Waals surface area contributed by atoms with Crippen LogP contribution in [0.1, 0.15) is 16.8 Å². The fraction of sp³-hybridized carbons (Fsp3) is 0.500. The van der Waals surface area contributed by atoms with Gasteiger partial charge in [-0.15, -0.1) is 0 Å². The number of carbonyl (C=O) groups is 1.